The monoisotopic (exact) mass is 499 g/mol. The zero-order valence-corrected chi connectivity index (χ0v) is 18.9. The van der Waals surface area contributed by atoms with Gasteiger partial charge in [0.2, 0.25) is 0 Å². The highest BCUT2D eigenvalue weighted by molar-refractivity contribution is 14.0. The Morgan fingerprint density at radius 1 is 1.21 bits per heavy atom. The molecule has 1 aromatic heterocycles. The third kappa shape index (κ3) is 6.42. The molecule has 28 heavy (non-hydrogen) atoms. The average molecular weight is 499 g/mol. The van der Waals surface area contributed by atoms with Gasteiger partial charge in [-0.1, -0.05) is 18.2 Å². The number of morpholine rings is 1. The Morgan fingerprint density at radius 2 is 1.96 bits per heavy atom. The van der Waals surface area contributed by atoms with Crippen molar-refractivity contribution in [2.24, 2.45) is 4.99 Å². The molecule has 0 saturated carbocycles. The zero-order valence-electron chi connectivity index (χ0n) is 16.5. The second-order valence-corrected chi connectivity index (χ2v) is 6.53. The molecule has 1 unspecified atom stereocenters. The molecule has 154 valence electrons. The van der Waals surface area contributed by atoms with E-state index in [9.17, 15) is 0 Å². The fraction of sp³-hybridized carbons (Fsp3) is 0.526. The highest BCUT2D eigenvalue weighted by atomic mass is 127. The van der Waals surface area contributed by atoms with Gasteiger partial charge in [0.15, 0.2) is 11.8 Å². The van der Waals surface area contributed by atoms with Gasteiger partial charge in [-0.15, -0.1) is 34.2 Å². The molecule has 8 nitrogen and oxygen atoms in total. The van der Waals surface area contributed by atoms with Gasteiger partial charge in [-0.25, -0.2) is 4.99 Å². The second kappa shape index (κ2) is 12.0. The van der Waals surface area contributed by atoms with E-state index in [0.29, 0.717) is 12.6 Å². The molecule has 1 aliphatic heterocycles. The van der Waals surface area contributed by atoms with Gasteiger partial charge in [-0.05, 0) is 26.0 Å². The first-order valence-corrected chi connectivity index (χ1v) is 9.56. The van der Waals surface area contributed by atoms with Crippen LogP contribution in [0.25, 0.3) is 5.69 Å². The minimum atomic E-state index is 0. The summed E-state index contributed by atoms with van der Waals surface area (Å²) in [6.07, 6.45) is 1.72. The number of hydrogen-bond donors (Lipinski definition) is 2. The Hall–Kier alpha value is -1.72. The van der Waals surface area contributed by atoms with E-state index >= 15 is 0 Å². The number of halogens is 1. The summed E-state index contributed by atoms with van der Waals surface area (Å²) in [6, 6.07) is 10.5. The summed E-state index contributed by atoms with van der Waals surface area (Å²) in [5.74, 6) is 1.60. The minimum absolute atomic E-state index is 0. The zero-order chi connectivity index (χ0) is 18.9. The lowest BCUT2D eigenvalue weighted by Crippen LogP contribution is -2.49. The molecule has 1 atom stereocenters. The Kier molecular flexibility index (Phi) is 9.65. The van der Waals surface area contributed by atoms with Crippen molar-refractivity contribution in [2.45, 2.75) is 26.4 Å². The molecule has 0 radical (unpaired) electrons. The number of aromatic nitrogens is 3. The number of nitrogens with zero attached hydrogens (tertiary/aromatic N) is 5. The molecule has 1 saturated heterocycles. The average Bonchev–Trinajstić information content (AvgIpc) is 3.20. The number of aliphatic imine (C=N–C) groups is 1. The fourth-order valence-electron chi connectivity index (χ4n) is 3.05. The van der Waals surface area contributed by atoms with Crippen LogP contribution in [0.4, 0.5) is 0 Å². The van der Waals surface area contributed by atoms with Crippen molar-refractivity contribution in [3.63, 3.8) is 0 Å². The molecule has 1 aromatic carbocycles. The number of ether oxygens (including phenoxy) is 1. The summed E-state index contributed by atoms with van der Waals surface area (Å²) in [5.41, 5.74) is 1.03. The third-order valence-electron chi connectivity index (χ3n) is 4.61. The van der Waals surface area contributed by atoms with Crippen LogP contribution in [-0.2, 0) is 11.3 Å². The predicted molar refractivity (Wildman–Crippen MR) is 121 cm³/mol. The first-order valence-electron chi connectivity index (χ1n) is 9.56. The molecule has 1 fully saturated rings. The molecule has 2 aromatic rings. The van der Waals surface area contributed by atoms with Crippen LogP contribution in [0.2, 0.25) is 0 Å². The molecule has 0 bridgehead atoms. The lowest BCUT2D eigenvalue weighted by Gasteiger charge is -2.32. The van der Waals surface area contributed by atoms with Crippen LogP contribution < -0.4 is 10.6 Å². The maximum Gasteiger partial charge on any atom is 0.191 e. The summed E-state index contributed by atoms with van der Waals surface area (Å²) in [7, 11) is 0. The van der Waals surface area contributed by atoms with E-state index in [1.807, 2.05) is 34.9 Å². The number of benzene rings is 1. The van der Waals surface area contributed by atoms with Gasteiger partial charge in [-0.2, -0.15) is 0 Å². The Labute approximate surface area is 183 Å². The van der Waals surface area contributed by atoms with Crippen LogP contribution in [0.5, 0.6) is 0 Å². The van der Waals surface area contributed by atoms with Crippen LogP contribution in [0.1, 0.15) is 19.7 Å². The van der Waals surface area contributed by atoms with Crippen molar-refractivity contribution in [3.8, 4) is 5.69 Å². The first-order chi connectivity index (χ1) is 13.3. The van der Waals surface area contributed by atoms with E-state index < -0.39 is 0 Å². The molecule has 2 heterocycles. The Bertz CT molecular complexity index is 716. The van der Waals surface area contributed by atoms with Gasteiger partial charge >= 0.3 is 0 Å². The van der Waals surface area contributed by atoms with E-state index in [1.165, 1.54) is 0 Å². The normalized spacial score (nSPS) is 16.3. The van der Waals surface area contributed by atoms with Crippen molar-refractivity contribution >= 4 is 29.9 Å². The third-order valence-corrected chi connectivity index (χ3v) is 4.61. The molecule has 3 rings (SSSR count). The van der Waals surface area contributed by atoms with Gasteiger partial charge in [0.05, 0.1) is 13.2 Å². The number of hydrogen-bond acceptors (Lipinski definition) is 5. The molecule has 0 spiro atoms. The number of rotatable bonds is 7. The van der Waals surface area contributed by atoms with Crippen LogP contribution in [-0.4, -0.2) is 71.1 Å². The van der Waals surface area contributed by atoms with Crippen molar-refractivity contribution in [3.05, 3.63) is 42.5 Å². The lowest BCUT2D eigenvalue weighted by molar-refractivity contribution is 0.0211. The number of para-hydroxylation sites is 1. The van der Waals surface area contributed by atoms with Gasteiger partial charge in [0.1, 0.15) is 12.9 Å². The smallest absolute Gasteiger partial charge is 0.191 e. The van der Waals surface area contributed by atoms with Crippen molar-refractivity contribution in [1.82, 2.24) is 30.3 Å². The van der Waals surface area contributed by atoms with Crippen LogP contribution >= 0.6 is 24.0 Å². The second-order valence-electron chi connectivity index (χ2n) is 6.53. The van der Waals surface area contributed by atoms with Gasteiger partial charge < -0.3 is 15.4 Å². The van der Waals surface area contributed by atoms with E-state index in [4.69, 9.17) is 4.74 Å². The molecule has 2 N–H and O–H groups in total. The predicted octanol–water partition coefficient (Wildman–Crippen LogP) is 1.66. The highest BCUT2D eigenvalue weighted by Gasteiger charge is 2.17. The summed E-state index contributed by atoms with van der Waals surface area (Å²) in [6.45, 7) is 9.98. The minimum Gasteiger partial charge on any atom is -0.379 e. The molecular formula is C19H30IN7O. The van der Waals surface area contributed by atoms with Crippen molar-refractivity contribution in [2.75, 3.05) is 39.4 Å². The molecule has 9 heteroatoms. The summed E-state index contributed by atoms with van der Waals surface area (Å²) in [4.78, 5) is 7.12. The summed E-state index contributed by atoms with van der Waals surface area (Å²) >= 11 is 0. The summed E-state index contributed by atoms with van der Waals surface area (Å²) in [5, 5.41) is 15.0. The standard InChI is InChI=1S/C19H29N7O.HI/c1-3-20-19(21-13-16(2)25-9-11-27-12-10-25)22-14-18-24-23-15-26(18)17-7-5-4-6-8-17;/h4-8,15-16H,3,9-14H2,1-2H3,(H2,20,21,22);1H. The fourth-order valence-corrected chi connectivity index (χ4v) is 3.05. The molecule has 0 amide bonds. The van der Waals surface area contributed by atoms with Crippen LogP contribution in [0, 0.1) is 0 Å². The van der Waals surface area contributed by atoms with Crippen LogP contribution in [0.3, 0.4) is 0 Å². The number of nitrogens with one attached hydrogen (secondary N) is 2. The molecular weight excluding hydrogens is 469 g/mol. The number of guanidine groups is 1. The first kappa shape index (κ1) is 22.6. The molecule has 0 aliphatic carbocycles. The quantitative estimate of drug-likeness (QED) is 0.343. The van der Waals surface area contributed by atoms with Gasteiger partial charge in [0, 0.05) is 37.9 Å². The van der Waals surface area contributed by atoms with Crippen molar-refractivity contribution < 1.29 is 4.74 Å². The highest BCUT2D eigenvalue weighted by Crippen LogP contribution is 2.09. The van der Waals surface area contributed by atoms with E-state index in [2.05, 4.69) is 44.6 Å². The van der Waals surface area contributed by atoms with E-state index in [0.717, 1.165) is 56.9 Å². The Morgan fingerprint density at radius 3 is 2.68 bits per heavy atom. The van der Waals surface area contributed by atoms with E-state index in [1.54, 1.807) is 6.33 Å². The van der Waals surface area contributed by atoms with E-state index in [-0.39, 0.29) is 24.0 Å². The maximum atomic E-state index is 5.43. The van der Waals surface area contributed by atoms with Gasteiger partial charge in [-0.3, -0.25) is 9.47 Å². The van der Waals surface area contributed by atoms with Crippen LogP contribution in [0.15, 0.2) is 41.7 Å². The molecule has 1 aliphatic rings. The largest absolute Gasteiger partial charge is 0.379 e. The van der Waals surface area contributed by atoms with Gasteiger partial charge in [0.25, 0.3) is 0 Å². The lowest BCUT2D eigenvalue weighted by atomic mass is 10.2. The summed E-state index contributed by atoms with van der Waals surface area (Å²) < 4.78 is 7.39. The maximum absolute atomic E-state index is 5.43. The topological polar surface area (TPSA) is 79.6 Å². The van der Waals surface area contributed by atoms with Crippen molar-refractivity contribution in [1.29, 1.82) is 0 Å². The Balaban J connectivity index is 0.00000280. The SMILES string of the molecule is CCNC(=NCc1nncn1-c1ccccc1)NCC(C)N1CCOCC1.I.